The average Bonchev–Trinajstić information content (AvgIpc) is 2.41. The second-order valence-electron chi connectivity index (χ2n) is 3.83. The molecule has 2 nitrogen and oxygen atoms in total. The zero-order valence-electron chi connectivity index (χ0n) is 9.77. The molecule has 0 unspecified atom stereocenters. The van der Waals surface area contributed by atoms with E-state index in [1.54, 1.807) is 24.3 Å². The summed E-state index contributed by atoms with van der Waals surface area (Å²) in [5.41, 5.74) is 0.919. The molecule has 0 spiro atoms. The Kier molecular flexibility index (Phi) is 4.45. The van der Waals surface area contributed by atoms with E-state index in [2.05, 4.69) is 0 Å². The number of hydrogen-bond donors (Lipinski definition) is 1. The van der Waals surface area contributed by atoms with Gasteiger partial charge in [-0.3, -0.25) is 0 Å². The lowest BCUT2D eigenvalue weighted by molar-refractivity contribution is 0.0696. The average molecular weight is 297 g/mol. The largest absolute Gasteiger partial charge is 0.478 e. The van der Waals surface area contributed by atoms with E-state index in [1.807, 2.05) is 6.07 Å². The van der Waals surface area contributed by atoms with Crippen LogP contribution in [0.1, 0.15) is 15.9 Å². The van der Waals surface area contributed by atoms with E-state index in [-0.39, 0.29) is 10.6 Å². The molecular weight excluding hydrogens is 287 g/mol. The van der Waals surface area contributed by atoms with Crippen LogP contribution in [0.15, 0.2) is 47.4 Å². The minimum atomic E-state index is -0.966. The van der Waals surface area contributed by atoms with Gasteiger partial charge in [0.25, 0.3) is 0 Å². The molecule has 19 heavy (non-hydrogen) atoms. The monoisotopic (exact) mass is 296 g/mol. The molecule has 0 radical (unpaired) electrons. The molecule has 2 aromatic rings. The van der Waals surface area contributed by atoms with Gasteiger partial charge in [0.15, 0.2) is 0 Å². The summed E-state index contributed by atoms with van der Waals surface area (Å²) in [6.45, 7) is 0. The third kappa shape index (κ3) is 3.49. The van der Waals surface area contributed by atoms with Crippen molar-refractivity contribution in [1.82, 2.24) is 0 Å². The molecule has 0 saturated heterocycles. The van der Waals surface area contributed by atoms with Crippen molar-refractivity contribution in [2.45, 2.75) is 10.6 Å². The fourth-order valence-corrected chi connectivity index (χ4v) is 2.76. The van der Waals surface area contributed by atoms with E-state index >= 15 is 0 Å². The summed E-state index contributed by atoms with van der Waals surface area (Å²) in [5.74, 6) is -0.926. The number of benzene rings is 2. The SMILES string of the molecule is O=C(O)c1cccc(SCc2cccc(F)c2Cl)c1. The summed E-state index contributed by atoms with van der Waals surface area (Å²) >= 11 is 7.27. The van der Waals surface area contributed by atoms with Crippen LogP contribution in [-0.4, -0.2) is 11.1 Å². The molecule has 2 rings (SSSR count). The Labute approximate surface area is 119 Å². The lowest BCUT2D eigenvalue weighted by Gasteiger charge is -2.05. The summed E-state index contributed by atoms with van der Waals surface area (Å²) in [4.78, 5) is 11.7. The second kappa shape index (κ2) is 6.08. The van der Waals surface area contributed by atoms with Gasteiger partial charge in [-0.1, -0.05) is 29.8 Å². The van der Waals surface area contributed by atoms with Gasteiger partial charge in [0.1, 0.15) is 5.82 Å². The summed E-state index contributed by atoms with van der Waals surface area (Å²) in [7, 11) is 0. The predicted molar refractivity (Wildman–Crippen MR) is 74.4 cm³/mol. The topological polar surface area (TPSA) is 37.3 Å². The summed E-state index contributed by atoms with van der Waals surface area (Å²) in [6.07, 6.45) is 0. The van der Waals surface area contributed by atoms with Gasteiger partial charge in [-0.15, -0.1) is 11.8 Å². The van der Waals surface area contributed by atoms with Crippen molar-refractivity contribution in [3.63, 3.8) is 0 Å². The van der Waals surface area contributed by atoms with Crippen LogP contribution >= 0.6 is 23.4 Å². The highest BCUT2D eigenvalue weighted by Crippen LogP contribution is 2.28. The first kappa shape index (κ1) is 13.9. The lowest BCUT2D eigenvalue weighted by atomic mass is 10.2. The Bertz CT molecular complexity index is 616. The zero-order valence-corrected chi connectivity index (χ0v) is 11.3. The van der Waals surface area contributed by atoms with Crippen LogP contribution in [0.3, 0.4) is 0 Å². The van der Waals surface area contributed by atoms with E-state index < -0.39 is 11.8 Å². The number of aromatic carboxylic acids is 1. The Balaban J connectivity index is 2.12. The smallest absolute Gasteiger partial charge is 0.335 e. The zero-order chi connectivity index (χ0) is 13.8. The molecule has 98 valence electrons. The van der Waals surface area contributed by atoms with Crippen molar-refractivity contribution in [3.8, 4) is 0 Å². The molecule has 2 aromatic carbocycles. The second-order valence-corrected chi connectivity index (χ2v) is 5.26. The standard InChI is InChI=1S/C14H10ClFO2S/c15-13-10(4-2-6-12(13)16)8-19-11-5-1-3-9(7-11)14(17)18/h1-7H,8H2,(H,17,18). The van der Waals surface area contributed by atoms with Gasteiger partial charge in [0.05, 0.1) is 10.6 Å². The summed E-state index contributed by atoms with van der Waals surface area (Å²) < 4.78 is 13.3. The lowest BCUT2D eigenvalue weighted by Crippen LogP contribution is -1.95. The molecule has 0 aliphatic carbocycles. The third-order valence-electron chi connectivity index (χ3n) is 2.51. The van der Waals surface area contributed by atoms with Crippen molar-refractivity contribution < 1.29 is 14.3 Å². The van der Waals surface area contributed by atoms with Gasteiger partial charge in [-0.05, 0) is 29.8 Å². The molecule has 1 N–H and O–H groups in total. The van der Waals surface area contributed by atoms with Gasteiger partial charge in [-0.25, -0.2) is 9.18 Å². The van der Waals surface area contributed by atoms with Crippen molar-refractivity contribution >= 4 is 29.3 Å². The number of rotatable bonds is 4. The molecule has 0 fully saturated rings. The first-order valence-electron chi connectivity index (χ1n) is 5.47. The van der Waals surface area contributed by atoms with Crippen LogP contribution < -0.4 is 0 Å². The van der Waals surface area contributed by atoms with Gasteiger partial charge in [-0.2, -0.15) is 0 Å². The first-order valence-corrected chi connectivity index (χ1v) is 6.83. The molecular formula is C14H10ClFO2S. The number of thioether (sulfide) groups is 1. The molecule has 0 aliphatic rings. The molecule has 0 bridgehead atoms. The van der Waals surface area contributed by atoms with Crippen LogP contribution in [0.2, 0.25) is 5.02 Å². The predicted octanol–water partition coefficient (Wildman–Crippen LogP) is 4.47. The minimum Gasteiger partial charge on any atom is -0.478 e. The van der Waals surface area contributed by atoms with Gasteiger partial charge in [0, 0.05) is 10.6 Å². The number of carboxylic acid groups (broad SMARTS) is 1. The maximum Gasteiger partial charge on any atom is 0.335 e. The molecule has 0 saturated carbocycles. The van der Waals surface area contributed by atoms with Crippen LogP contribution in [0, 0.1) is 5.82 Å². The quantitative estimate of drug-likeness (QED) is 0.846. The summed E-state index contributed by atoms with van der Waals surface area (Å²) in [5, 5.41) is 9.01. The van der Waals surface area contributed by atoms with E-state index in [4.69, 9.17) is 16.7 Å². The van der Waals surface area contributed by atoms with E-state index in [0.29, 0.717) is 11.3 Å². The van der Waals surface area contributed by atoms with Crippen molar-refractivity contribution in [3.05, 3.63) is 64.4 Å². The van der Waals surface area contributed by atoms with Crippen LogP contribution in [-0.2, 0) is 5.75 Å². The van der Waals surface area contributed by atoms with Crippen LogP contribution in [0.4, 0.5) is 4.39 Å². The maximum atomic E-state index is 13.3. The number of carboxylic acids is 1. The number of carbonyl (C=O) groups is 1. The summed E-state index contributed by atoms with van der Waals surface area (Å²) in [6, 6.07) is 11.3. The van der Waals surface area contributed by atoms with Crippen LogP contribution in [0.5, 0.6) is 0 Å². The van der Waals surface area contributed by atoms with Gasteiger partial charge < -0.3 is 5.11 Å². The van der Waals surface area contributed by atoms with Crippen molar-refractivity contribution in [1.29, 1.82) is 0 Å². The van der Waals surface area contributed by atoms with E-state index in [0.717, 1.165) is 4.90 Å². The van der Waals surface area contributed by atoms with Crippen molar-refractivity contribution in [2.24, 2.45) is 0 Å². The van der Waals surface area contributed by atoms with Gasteiger partial charge >= 0.3 is 5.97 Å². The van der Waals surface area contributed by atoms with Crippen molar-refractivity contribution in [2.75, 3.05) is 0 Å². The highest BCUT2D eigenvalue weighted by molar-refractivity contribution is 7.98. The van der Waals surface area contributed by atoms with Gasteiger partial charge in [0.2, 0.25) is 0 Å². The number of halogens is 2. The Hall–Kier alpha value is -1.52. The van der Waals surface area contributed by atoms with E-state index in [1.165, 1.54) is 23.9 Å². The number of hydrogen-bond acceptors (Lipinski definition) is 2. The molecule has 0 aliphatic heterocycles. The van der Waals surface area contributed by atoms with E-state index in [9.17, 15) is 9.18 Å². The molecule has 0 heterocycles. The highest BCUT2D eigenvalue weighted by atomic mass is 35.5. The highest BCUT2D eigenvalue weighted by Gasteiger charge is 2.07. The Morgan fingerprint density at radius 2 is 2.00 bits per heavy atom. The Morgan fingerprint density at radius 3 is 2.74 bits per heavy atom. The minimum absolute atomic E-state index is 0.115. The third-order valence-corrected chi connectivity index (χ3v) is 3.97. The maximum absolute atomic E-state index is 13.3. The Morgan fingerprint density at radius 1 is 1.26 bits per heavy atom. The van der Waals surface area contributed by atoms with Crippen LogP contribution in [0.25, 0.3) is 0 Å². The normalized spacial score (nSPS) is 10.4. The molecule has 0 amide bonds. The fourth-order valence-electron chi connectivity index (χ4n) is 1.54. The molecule has 0 aromatic heterocycles. The molecule has 5 heteroatoms. The molecule has 0 atom stereocenters. The fraction of sp³-hybridized carbons (Fsp3) is 0.0714. The first-order chi connectivity index (χ1) is 9.08.